The maximum absolute atomic E-state index is 13.3. The van der Waals surface area contributed by atoms with Gasteiger partial charge in [-0.05, 0) is 46.4 Å². The summed E-state index contributed by atoms with van der Waals surface area (Å²) in [5.74, 6) is -0.428. The van der Waals surface area contributed by atoms with Gasteiger partial charge in [0.2, 0.25) is 0 Å². The van der Waals surface area contributed by atoms with E-state index in [1.54, 1.807) is 18.2 Å². The average molecular weight is 599 g/mol. The Morgan fingerprint density at radius 2 is 1.71 bits per heavy atom. The Kier molecular flexibility index (Phi) is 8.05. The van der Waals surface area contributed by atoms with Crippen LogP contribution < -0.4 is 29.2 Å². The van der Waals surface area contributed by atoms with Gasteiger partial charge in [0.1, 0.15) is 23.7 Å². The minimum Gasteiger partial charge on any atom is -0.495 e. The number of carbonyl (C=O) groups is 3. The van der Waals surface area contributed by atoms with E-state index in [0.29, 0.717) is 20.6 Å². The molecule has 0 aromatic heterocycles. The van der Waals surface area contributed by atoms with Crippen LogP contribution in [0.15, 0.2) is 42.5 Å². The number of amides is 4. The van der Waals surface area contributed by atoms with E-state index in [0.717, 1.165) is 4.90 Å². The van der Waals surface area contributed by atoms with Crippen molar-refractivity contribution in [3.63, 3.8) is 0 Å². The summed E-state index contributed by atoms with van der Waals surface area (Å²) in [4.78, 5) is 39.3. The molecular weight excluding hydrogens is 579 g/mol. The Hall–Kier alpha value is -3.25. The van der Waals surface area contributed by atoms with Crippen molar-refractivity contribution in [2.45, 2.75) is 0 Å². The Balaban J connectivity index is 2.08. The van der Waals surface area contributed by atoms with Gasteiger partial charge < -0.3 is 18.9 Å². The summed E-state index contributed by atoms with van der Waals surface area (Å²) in [6, 6.07) is 5.17. The van der Waals surface area contributed by atoms with E-state index in [-0.39, 0.29) is 34.4 Å². The number of imide groups is 2. The number of ether oxygens (including phenoxy) is 4. The summed E-state index contributed by atoms with van der Waals surface area (Å²) in [5, 5.41) is 2.40. The first-order valence-electron chi connectivity index (χ1n) is 9.69. The van der Waals surface area contributed by atoms with Gasteiger partial charge in [-0.2, -0.15) is 0 Å². The third-order valence-corrected chi connectivity index (χ3v) is 5.80. The number of hydrogen-bond acceptors (Lipinski definition) is 7. The molecule has 178 valence electrons. The molecule has 0 atom stereocenters. The standard InChI is InChI=1S/C23H20ClIN2O7/c1-5-6-34-20-15(25)8-12(9-19(20)33-4)7-13-21(28)26-23(30)27(22(13)29)16-11-17(31-2)14(24)10-18(16)32-3/h5,7-11H,1,6H2,2-4H3,(H,26,28,30)/b13-7+. The molecule has 0 unspecified atom stereocenters. The lowest BCUT2D eigenvalue weighted by Gasteiger charge is -2.28. The largest absolute Gasteiger partial charge is 0.495 e. The highest BCUT2D eigenvalue weighted by Crippen LogP contribution is 2.40. The quantitative estimate of drug-likeness (QED) is 0.210. The van der Waals surface area contributed by atoms with Crippen LogP contribution in [0.4, 0.5) is 10.5 Å². The molecule has 2 aromatic carbocycles. The third-order valence-electron chi connectivity index (χ3n) is 4.70. The maximum atomic E-state index is 13.3. The lowest BCUT2D eigenvalue weighted by atomic mass is 10.1. The van der Waals surface area contributed by atoms with Crippen molar-refractivity contribution in [3.05, 3.63) is 56.6 Å². The topological polar surface area (TPSA) is 103 Å². The molecule has 0 saturated carbocycles. The summed E-state index contributed by atoms with van der Waals surface area (Å²) in [5.41, 5.74) is 0.277. The van der Waals surface area contributed by atoms with Crippen molar-refractivity contribution in [2.75, 3.05) is 32.8 Å². The summed E-state index contributed by atoms with van der Waals surface area (Å²) in [6.07, 6.45) is 2.96. The molecule has 0 aliphatic carbocycles. The predicted molar refractivity (Wildman–Crippen MR) is 135 cm³/mol. The second-order valence-electron chi connectivity index (χ2n) is 6.75. The average Bonchev–Trinajstić information content (AvgIpc) is 2.81. The van der Waals surface area contributed by atoms with Gasteiger partial charge in [0.05, 0.1) is 35.6 Å². The van der Waals surface area contributed by atoms with E-state index in [1.165, 1.54) is 39.5 Å². The minimum absolute atomic E-state index is 0.0602. The molecule has 4 amide bonds. The van der Waals surface area contributed by atoms with Gasteiger partial charge in [-0.25, -0.2) is 9.69 Å². The Labute approximate surface area is 214 Å². The molecule has 34 heavy (non-hydrogen) atoms. The number of hydrogen-bond donors (Lipinski definition) is 1. The summed E-state index contributed by atoms with van der Waals surface area (Å²) in [7, 11) is 4.23. The molecule has 0 spiro atoms. The van der Waals surface area contributed by atoms with E-state index >= 15 is 0 Å². The molecule has 1 aliphatic rings. The van der Waals surface area contributed by atoms with Crippen molar-refractivity contribution >= 4 is 63.8 Å². The van der Waals surface area contributed by atoms with Gasteiger partial charge in [-0.1, -0.05) is 24.3 Å². The fourth-order valence-corrected chi connectivity index (χ4v) is 4.18. The number of benzene rings is 2. The molecule has 11 heteroatoms. The summed E-state index contributed by atoms with van der Waals surface area (Å²) in [6.45, 7) is 3.90. The number of nitrogens with zero attached hydrogens (tertiary/aromatic N) is 1. The number of rotatable bonds is 8. The maximum Gasteiger partial charge on any atom is 0.336 e. The van der Waals surface area contributed by atoms with Gasteiger partial charge in [0, 0.05) is 12.1 Å². The highest BCUT2D eigenvalue weighted by Gasteiger charge is 2.38. The van der Waals surface area contributed by atoms with Gasteiger partial charge >= 0.3 is 6.03 Å². The normalized spacial score (nSPS) is 14.7. The van der Waals surface area contributed by atoms with E-state index in [2.05, 4.69) is 34.5 Å². The molecule has 1 saturated heterocycles. The first-order valence-corrected chi connectivity index (χ1v) is 11.2. The van der Waals surface area contributed by atoms with Crippen LogP contribution in [-0.2, 0) is 9.59 Å². The van der Waals surface area contributed by atoms with Crippen molar-refractivity contribution in [1.29, 1.82) is 0 Å². The zero-order valence-electron chi connectivity index (χ0n) is 18.4. The highest BCUT2D eigenvalue weighted by atomic mass is 127. The van der Waals surface area contributed by atoms with Crippen molar-refractivity contribution in [1.82, 2.24) is 5.32 Å². The van der Waals surface area contributed by atoms with Crippen molar-refractivity contribution in [2.24, 2.45) is 0 Å². The lowest BCUT2D eigenvalue weighted by molar-refractivity contribution is -0.122. The van der Waals surface area contributed by atoms with Crippen LogP contribution in [0, 0.1) is 3.57 Å². The number of halogens is 2. The molecule has 1 fully saturated rings. The van der Waals surface area contributed by atoms with Gasteiger partial charge in [-0.15, -0.1) is 0 Å². The molecule has 0 bridgehead atoms. The van der Waals surface area contributed by atoms with E-state index in [1.807, 2.05) is 0 Å². The Morgan fingerprint density at radius 1 is 1.03 bits per heavy atom. The fourth-order valence-electron chi connectivity index (χ4n) is 3.17. The first-order chi connectivity index (χ1) is 16.2. The molecule has 0 radical (unpaired) electrons. The van der Waals surface area contributed by atoms with E-state index in [9.17, 15) is 14.4 Å². The van der Waals surface area contributed by atoms with Gasteiger partial charge in [0.25, 0.3) is 11.8 Å². The Morgan fingerprint density at radius 3 is 2.32 bits per heavy atom. The smallest absolute Gasteiger partial charge is 0.336 e. The molecule has 1 heterocycles. The van der Waals surface area contributed by atoms with Crippen LogP contribution in [0.1, 0.15) is 5.56 Å². The van der Waals surface area contributed by atoms with E-state index < -0.39 is 17.8 Å². The summed E-state index contributed by atoms with van der Waals surface area (Å²) < 4.78 is 22.2. The van der Waals surface area contributed by atoms with Crippen LogP contribution in [0.25, 0.3) is 6.08 Å². The molecule has 2 aromatic rings. The Bertz CT molecular complexity index is 1210. The number of urea groups is 1. The lowest BCUT2D eigenvalue weighted by Crippen LogP contribution is -2.54. The van der Waals surface area contributed by atoms with Crippen LogP contribution >= 0.6 is 34.2 Å². The zero-order valence-corrected chi connectivity index (χ0v) is 21.4. The third kappa shape index (κ3) is 4.97. The summed E-state index contributed by atoms with van der Waals surface area (Å²) >= 11 is 8.19. The van der Waals surface area contributed by atoms with Gasteiger partial charge in [-0.3, -0.25) is 14.9 Å². The monoisotopic (exact) mass is 598 g/mol. The number of carbonyl (C=O) groups excluding carboxylic acids is 3. The number of methoxy groups -OCH3 is 3. The molecule has 1 aliphatic heterocycles. The molecule has 1 N–H and O–H groups in total. The first kappa shape index (κ1) is 25.4. The number of nitrogens with one attached hydrogen (secondary N) is 1. The highest BCUT2D eigenvalue weighted by molar-refractivity contribution is 14.1. The van der Waals surface area contributed by atoms with Crippen LogP contribution in [0.2, 0.25) is 5.02 Å². The zero-order chi connectivity index (χ0) is 25.0. The van der Waals surface area contributed by atoms with Gasteiger partial charge in [0.15, 0.2) is 11.5 Å². The second kappa shape index (κ2) is 10.8. The SMILES string of the molecule is C=CCOc1c(I)cc(/C=C2\C(=O)NC(=O)N(c3cc(OC)c(Cl)cc3OC)C2=O)cc1OC. The molecule has 3 rings (SSSR count). The van der Waals surface area contributed by atoms with Crippen LogP contribution in [-0.4, -0.2) is 45.8 Å². The van der Waals surface area contributed by atoms with Crippen molar-refractivity contribution in [3.8, 4) is 23.0 Å². The van der Waals surface area contributed by atoms with Crippen molar-refractivity contribution < 1.29 is 33.3 Å². The number of anilines is 1. The van der Waals surface area contributed by atoms with E-state index in [4.69, 9.17) is 30.5 Å². The minimum atomic E-state index is -0.935. The predicted octanol–water partition coefficient (Wildman–Crippen LogP) is 4.20. The number of barbiturate groups is 1. The van der Waals surface area contributed by atoms with Crippen LogP contribution in [0.3, 0.4) is 0 Å². The fraction of sp³-hybridized carbons (Fsp3) is 0.174. The second-order valence-corrected chi connectivity index (χ2v) is 8.32. The van der Waals surface area contributed by atoms with Crippen LogP contribution in [0.5, 0.6) is 23.0 Å². The molecular formula is C23H20ClIN2O7. The molecule has 9 nitrogen and oxygen atoms in total.